The highest BCUT2D eigenvalue weighted by Gasteiger charge is 2.19. The molecule has 1 aromatic rings. The van der Waals surface area contributed by atoms with Crippen LogP contribution in [0.1, 0.15) is 0 Å². The zero-order valence-electron chi connectivity index (χ0n) is 8.08. The maximum Gasteiger partial charge on any atom is 0.250 e. The summed E-state index contributed by atoms with van der Waals surface area (Å²) in [5.74, 6) is -0.992. The lowest BCUT2D eigenvalue weighted by Gasteiger charge is -2.07. The van der Waals surface area contributed by atoms with Gasteiger partial charge in [0.1, 0.15) is 10.3 Å². The van der Waals surface area contributed by atoms with Crippen molar-refractivity contribution in [3.8, 4) is 0 Å². The first-order valence-corrected chi connectivity index (χ1v) is 6.50. The van der Waals surface area contributed by atoms with E-state index in [4.69, 9.17) is 16.6 Å². The predicted octanol–water partition coefficient (Wildman–Crippen LogP) is -1.55. The third kappa shape index (κ3) is 3.17. The predicted molar refractivity (Wildman–Crippen MR) is 59.1 cm³/mol. The van der Waals surface area contributed by atoms with Crippen molar-refractivity contribution in [1.82, 2.24) is 4.72 Å². The summed E-state index contributed by atoms with van der Waals surface area (Å²) in [5.41, 5.74) is 10.5. The number of sulfonamides is 1. The Labute approximate surface area is 96.1 Å². The van der Waals surface area contributed by atoms with E-state index >= 15 is 0 Å². The standard InChI is InChI=1S/C7H11N3O4S2/c8-4-1-6(15-3-4)16(13,14)10-2-5(11)7(9)12/h1,3,5,10-11H,2,8H2,(H2,9,12). The van der Waals surface area contributed by atoms with Crippen LogP contribution in [-0.2, 0) is 14.8 Å². The number of carbonyl (C=O) groups is 1. The molecule has 1 aromatic heterocycles. The number of nitrogens with two attached hydrogens (primary N) is 2. The molecule has 0 aliphatic heterocycles. The van der Waals surface area contributed by atoms with Crippen LogP contribution >= 0.6 is 11.3 Å². The fourth-order valence-electron chi connectivity index (χ4n) is 0.832. The molecule has 0 spiro atoms. The fourth-order valence-corrected chi connectivity index (χ4v) is 2.99. The second-order valence-corrected chi connectivity index (χ2v) is 5.87. The Bertz CT molecular complexity index is 482. The van der Waals surface area contributed by atoms with Crippen molar-refractivity contribution in [2.75, 3.05) is 12.3 Å². The number of hydrogen-bond donors (Lipinski definition) is 4. The van der Waals surface area contributed by atoms with Gasteiger partial charge >= 0.3 is 0 Å². The van der Waals surface area contributed by atoms with Crippen molar-refractivity contribution < 1.29 is 18.3 Å². The molecular formula is C7H11N3O4S2. The molecule has 7 nitrogen and oxygen atoms in total. The van der Waals surface area contributed by atoms with Gasteiger partial charge in [0.15, 0.2) is 0 Å². The lowest BCUT2D eigenvalue weighted by molar-refractivity contribution is -0.125. The van der Waals surface area contributed by atoms with Crippen LogP contribution in [0.3, 0.4) is 0 Å². The molecule has 1 heterocycles. The van der Waals surface area contributed by atoms with Crippen LogP contribution in [0.15, 0.2) is 15.7 Å². The molecule has 0 radical (unpaired) electrons. The molecule has 1 unspecified atom stereocenters. The second kappa shape index (κ2) is 4.78. The molecule has 1 amide bonds. The number of aliphatic hydroxyl groups is 1. The summed E-state index contributed by atoms with van der Waals surface area (Å²) < 4.78 is 25.2. The number of amides is 1. The Balaban J connectivity index is 2.70. The van der Waals surface area contributed by atoms with E-state index in [1.807, 2.05) is 4.72 Å². The average Bonchev–Trinajstić information content (AvgIpc) is 2.61. The number of anilines is 1. The first-order valence-electron chi connectivity index (χ1n) is 4.14. The Hall–Kier alpha value is -1.16. The van der Waals surface area contributed by atoms with E-state index in [0.29, 0.717) is 5.69 Å². The molecule has 0 saturated heterocycles. The molecular weight excluding hydrogens is 254 g/mol. The largest absolute Gasteiger partial charge is 0.398 e. The van der Waals surface area contributed by atoms with Gasteiger partial charge in [0.25, 0.3) is 0 Å². The number of rotatable bonds is 5. The maximum atomic E-state index is 11.6. The topological polar surface area (TPSA) is 136 Å². The van der Waals surface area contributed by atoms with Crippen molar-refractivity contribution in [3.05, 3.63) is 11.4 Å². The van der Waals surface area contributed by atoms with Crippen LogP contribution in [-0.4, -0.2) is 32.1 Å². The molecule has 1 rings (SSSR count). The SMILES string of the molecule is NC(=O)C(O)CNS(=O)(=O)c1cc(N)cs1. The third-order valence-corrected chi connectivity index (χ3v) is 4.54. The van der Waals surface area contributed by atoms with Gasteiger partial charge in [0.2, 0.25) is 15.9 Å². The van der Waals surface area contributed by atoms with E-state index < -0.39 is 28.6 Å². The summed E-state index contributed by atoms with van der Waals surface area (Å²) in [5, 5.41) is 10.5. The van der Waals surface area contributed by atoms with Crippen LogP contribution in [0.5, 0.6) is 0 Å². The minimum atomic E-state index is -3.75. The van der Waals surface area contributed by atoms with Gasteiger partial charge in [-0.25, -0.2) is 13.1 Å². The molecule has 0 bridgehead atoms. The molecule has 0 aliphatic rings. The Kier molecular flexibility index (Phi) is 3.86. The molecule has 0 aliphatic carbocycles. The highest BCUT2D eigenvalue weighted by Crippen LogP contribution is 2.21. The highest BCUT2D eigenvalue weighted by atomic mass is 32.2. The van der Waals surface area contributed by atoms with Crippen LogP contribution in [0.4, 0.5) is 5.69 Å². The number of hydrogen-bond acceptors (Lipinski definition) is 6. The fraction of sp³-hybridized carbons (Fsp3) is 0.286. The number of carbonyl (C=O) groups excluding carboxylic acids is 1. The van der Waals surface area contributed by atoms with E-state index in [0.717, 1.165) is 11.3 Å². The van der Waals surface area contributed by atoms with Crippen molar-refractivity contribution in [3.63, 3.8) is 0 Å². The quantitative estimate of drug-likeness (QED) is 0.511. The van der Waals surface area contributed by atoms with E-state index in [-0.39, 0.29) is 4.21 Å². The summed E-state index contributed by atoms with van der Waals surface area (Å²) in [6, 6.07) is 1.28. The van der Waals surface area contributed by atoms with Gasteiger partial charge < -0.3 is 16.6 Å². The van der Waals surface area contributed by atoms with Gasteiger partial charge in [-0.15, -0.1) is 11.3 Å². The summed E-state index contributed by atoms with van der Waals surface area (Å²) in [6.45, 7) is -0.463. The number of aliphatic hydroxyl groups excluding tert-OH is 1. The van der Waals surface area contributed by atoms with E-state index in [1.165, 1.54) is 11.4 Å². The molecule has 9 heteroatoms. The van der Waals surface area contributed by atoms with E-state index in [1.54, 1.807) is 0 Å². The van der Waals surface area contributed by atoms with Gasteiger partial charge in [0.05, 0.1) is 0 Å². The zero-order valence-corrected chi connectivity index (χ0v) is 9.72. The first-order chi connectivity index (χ1) is 7.33. The van der Waals surface area contributed by atoms with Gasteiger partial charge in [-0.05, 0) is 6.07 Å². The summed E-state index contributed by atoms with van der Waals surface area (Å²) in [7, 11) is -3.75. The molecule has 0 saturated carbocycles. The monoisotopic (exact) mass is 265 g/mol. The third-order valence-electron chi connectivity index (χ3n) is 1.66. The molecule has 6 N–H and O–H groups in total. The van der Waals surface area contributed by atoms with Gasteiger partial charge in [-0.1, -0.05) is 0 Å². The lowest BCUT2D eigenvalue weighted by atomic mass is 10.3. The highest BCUT2D eigenvalue weighted by molar-refractivity contribution is 7.91. The first kappa shape index (κ1) is 12.9. The minimum Gasteiger partial charge on any atom is -0.398 e. The van der Waals surface area contributed by atoms with E-state index in [9.17, 15) is 13.2 Å². The van der Waals surface area contributed by atoms with Crippen LogP contribution < -0.4 is 16.2 Å². The van der Waals surface area contributed by atoms with Crippen LogP contribution in [0.2, 0.25) is 0 Å². The van der Waals surface area contributed by atoms with Gasteiger partial charge in [0, 0.05) is 17.6 Å². The number of primary amides is 1. The minimum absolute atomic E-state index is 0.0154. The van der Waals surface area contributed by atoms with Crippen molar-refractivity contribution >= 4 is 33.0 Å². The van der Waals surface area contributed by atoms with Gasteiger partial charge in [-0.3, -0.25) is 4.79 Å². The number of nitrogen functional groups attached to an aromatic ring is 1. The number of nitrogens with one attached hydrogen (secondary N) is 1. The van der Waals surface area contributed by atoms with Gasteiger partial charge in [-0.2, -0.15) is 0 Å². The second-order valence-electron chi connectivity index (χ2n) is 2.97. The van der Waals surface area contributed by atoms with E-state index in [2.05, 4.69) is 0 Å². The maximum absolute atomic E-state index is 11.6. The number of thiophene rings is 1. The molecule has 16 heavy (non-hydrogen) atoms. The average molecular weight is 265 g/mol. The molecule has 90 valence electrons. The molecule has 0 aromatic carbocycles. The zero-order chi connectivity index (χ0) is 12.3. The summed E-state index contributed by atoms with van der Waals surface area (Å²) in [4.78, 5) is 10.5. The lowest BCUT2D eigenvalue weighted by Crippen LogP contribution is -2.39. The molecule has 1 atom stereocenters. The summed E-state index contributed by atoms with van der Waals surface area (Å²) in [6.07, 6.45) is -1.55. The summed E-state index contributed by atoms with van der Waals surface area (Å²) >= 11 is 0.943. The Morgan fingerprint density at radius 3 is 2.69 bits per heavy atom. The van der Waals surface area contributed by atoms with Crippen molar-refractivity contribution in [2.24, 2.45) is 5.73 Å². The van der Waals surface area contributed by atoms with Crippen LogP contribution in [0.25, 0.3) is 0 Å². The normalized spacial score (nSPS) is 13.6. The van der Waals surface area contributed by atoms with Crippen molar-refractivity contribution in [1.29, 1.82) is 0 Å². The molecule has 0 fully saturated rings. The smallest absolute Gasteiger partial charge is 0.250 e. The van der Waals surface area contributed by atoms with Crippen LogP contribution in [0, 0.1) is 0 Å². The Morgan fingerprint density at radius 2 is 2.25 bits per heavy atom. The Morgan fingerprint density at radius 1 is 1.62 bits per heavy atom. The van der Waals surface area contributed by atoms with Crippen molar-refractivity contribution in [2.45, 2.75) is 10.3 Å².